The number of benzene rings is 1. The topological polar surface area (TPSA) is 46.9 Å². The first-order chi connectivity index (χ1) is 10.1. The molecule has 1 aliphatic carbocycles. The molecule has 0 bridgehead atoms. The van der Waals surface area contributed by atoms with Gasteiger partial charge in [-0.15, -0.1) is 0 Å². The lowest BCUT2D eigenvalue weighted by Gasteiger charge is -2.09. The Bertz CT molecular complexity index is 707. The lowest BCUT2D eigenvalue weighted by Crippen LogP contribution is -2.23. The fourth-order valence-corrected chi connectivity index (χ4v) is 2.47. The number of aryl methyl sites for hydroxylation is 1. The van der Waals surface area contributed by atoms with E-state index in [1.54, 1.807) is 12.3 Å². The van der Waals surface area contributed by atoms with Crippen molar-refractivity contribution in [1.29, 1.82) is 0 Å². The quantitative estimate of drug-likeness (QED) is 0.923. The molecule has 0 saturated heterocycles. The lowest BCUT2D eigenvalue weighted by atomic mass is 10.1. The van der Waals surface area contributed by atoms with E-state index in [0.29, 0.717) is 11.6 Å². The van der Waals surface area contributed by atoms with Crippen molar-refractivity contribution in [1.82, 2.24) is 9.78 Å². The van der Waals surface area contributed by atoms with Crippen LogP contribution < -0.4 is 10.9 Å². The van der Waals surface area contributed by atoms with Crippen LogP contribution in [0.4, 0.5) is 5.69 Å². The van der Waals surface area contributed by atoms with Crippen LogP contribution in [0, 0.1) is 12.8 Å². The zero-order valence-electron chi connectivity index (χ0n) is 12.0. The summed E-state index contributed by atoms with van der Waals surface area (Å²) in [4.78, 5) is 12.1. The van der Waals surface area contributed by atoms with Gasteiger partial charge in [0.2, 0.25) is 0 Å². The van der Waals surface area contributed by atoms with E-state index in [2.05, 4.69) is 10.4 Å². The van der Waals surface area contributed by atoms with Crippen molar-refractivity contribution in [2.75, 3.05) is 11.9 Å². The van der Waals surface area contributed by atoms with Gasteiger partial charge < -0.3 is 5.32 Å². The third-order valence-corrected chi connectivity index (χ3v) is 4.04. The van der Waals surface area contributed by atoms with Crippen LogP contribution in [0.2, 0.25) is 5.02 Å². The number of hydrogen-bond donors (Lipinski definition) is 1. The Kier molecular flexibility index (Phi) is 3.97. The Morgan fingerprint density at radius 2 is 2.19 bits per heavy atom. The largest absolute Gasteiger partial charge is 0.383 e. The molecule has 0 radical (unpaired) electrons. The summed E-state index contributed by atoms with van der Waals surface area (Å²) < 4.78 is 1.43. The Morgan fingerprint density at radius 1 is 1.38 bits per heavy atom. The van der Waals surface area contributed by atoms with Crippen LogP contribution in [0.3, 0.4) is 0 Å². The molecule has 1 aliphatic rings. The third-order valence-electron chi connectivity index (χ3n) is 3.69. The monoisotopic (exact) mass is 303 g/mol. The highest BCUT2D eigenvalue weighted by Crippen LogP contribution is 2.28. The summed E-state index contributed by atoms with van der Waals surface area (Å²) in [6, 6.07) is 7.41. The molecule has 0 amide bonds. The van der Waals surface area contributed by atoms with Gasteiger partial charge in [-0.2, -0.15) is 5.10 Å². The van der Waals surface area contributed by atoms with Crippen molar-refractivity contribution < 1.29 is 0 Å². The molecule has 0 unspecified atom stereocenters. The highest BCUT2D eigenvalue weighted by molar-refractivity contribution is 6.31. The smallest absolute Gasteiger partial charge is 0.269 e. The molecular formula is C16H18ClN3O. The van der Waals surface area contributed by atoms with Crippen LogP contribution in [0.1, 0.15) is 24.0 Å². The second-order valence-corrected chi connectivity index (χ2v) is 6.07. The van der Waals surface area contributed by atoms with E-state index in [9.17, 15) is 4.79 Å². The van der Waals surface area contributed by atoms with Crippen molar-refractivity contribution in [3.63, 3.8) is 0 Å². The van der Waals surface area contributed by atoms with Gasteiger partial charge >= 0.3 is 0 Å². The number of halogens is 1. The molecule has 1 heterocycles. The maximum Gasteiger partial charge on any atom is 0.269 e. The summed E-state index contributed by atoms with van der Waals surface area (Å²) in [6.07, 6.45) is 4.26. The van der Waals surface area contributed by atoms with Crippen molar-refractivity contribution in [2.45, 2.75) is 26.3 Å². The third kappa shape index (κ3) is 3.64. The molecule has 1 fully saturated rings. The predicted molar refractivity (Wildman–Crippen MR) is 85.0 cm³/mol. The van der Waals surface area contributed by atoms with Gasteiger partial charge in [0, 0.05) is 17.6 Å². The molecule has 4 nitrogen and oxygen atoms in total. The highest BCUT2D eigenvalue weighted by Gasteiger charge is 2.20. The van der Waals surface area contributed by atoms with Crippen LogP contribution in [0.25, 0.3) is 0 Å². The van der Waals surface area contributed by atoms with Crippen LogP contribution in [-0.2, 0) is 6.54 Å². The van der Waals surface area contributed by atoms with E-state index in [4.69, 9.17) is 11.6 Å². The van der Waals surface area contributed by atoms with Crippen LogP contribution in [-0.4, -0.2) is 16.3 Å². The van der Waals surface area contributed by atoms with E-state index in [1.807, 2.05) is 25.1 Å². The summed E-state index contributed by atoms with van der Waals surface area (Å²) >= 11 is 6.20. The summed E-state index contributed by atoms with van der Waals surface area (Å²) in [7, 11) is 0. The second kappa shape index (κ2) is 5.90. The number of rotatable bonds is 5. The van der Waals surface area contributed by atoms with Crippen molar-refractivity contribution in [2.24, 2.45) is 5.92 Å². The Balaban J connectivity index is 1.74. The molecule has 2 aromatic rings. The fraction of sp³-hybridized carbons (Fsp3) is 0.375. The standard InChI is InChI=1S/C16H18ClN3O/c1-11-2-5-13(15(17)6-11)10-20-16(21)7-14(9-19-20)18-8-12-3-4-12/h2,5-7,9,12,18H,3-4,8,10H2,1H3. The Hall–Kier alpha value is -1.81. The number of anilines is 1. The van der Waals surface area contributed by atoms with Gasteiger partial charge in [-0.1, -0.05) is 23.7 Å². The minimum absolute atomic E-state index is 0.118. The molecule has 1 aromatic heterocycles. The van der Waals surface area contributed by atoms with Gasteiger partial charge in [0.25, 0.3) is 5.56 Å². The van der Waals surface area contributed by atoms with E-state index >= 15 is 0 Å². The van der Waals surface area contributed by atoms with Gasteiger partial charge in [-0.25, -0.2) is 4.68 Å². The Labute approximate surface area is 128 Å². The summed E-state index contributed by atoms with van der Waals surface area (Å²) in [5.74, 6) is 0.763. The number of nitrogens with one attached hydrogen (secondary N) is 1. The minimum atomic E-state index is -0.118. The number of aromatic nitrogens is 2. The second-order valence-electron chi connectivity index (χ2n) is 5.66. The van der Waals surface area contributed by atoms with Crippen LogP contribution in [0.5, 0.6) is 0 Å². The SMILES string of the molecule is Cc1ccc(Cn2ncc(NCC3CC3)cc2=O)c(Cl)c1. The maximum absolute atomic E-state index is 12.1. The normalized spacial score (nSPS) is 14.2. The van der Waals surface area contributed by atoms with Crippen molar-refractivity contribution in [3.05, 3.63) is 57.0 Å². The van der Waals surface area contributed by atoms with Crippen LogP contribution >= 0.6 is 11.6 Å². The number of nitrogens with zero attached hydrogens (tertiary/aromatic N) is 2. The average molecular weight is 304 g/mol. The van der Waals surface area contributed by atoms with E-state index in [1.165, 1.54) is 17.5 Å². The zero-order chi connectivity index (χ0) is 14.8. The predicted octanol–water partition coefficient (Wildman–Crippen LogP) is 3.08. The van der Waals surface area contributed by atoms with Gasteiger partial charge in [-0.05, 0) is 42.9 Å². The van der Waals surface area contributed by atoms with E-state index in [-0.39, 0.29) is 5.56 Å². The Morgan fingerprint density at radius 3 is 2.86 bits per heavy atom. The first-order valence-corrected chi connectivity index (χ1v) is 7.56. The van der Waals surface area contributed by atoms with E-state index in [0.717, 1.165) is 29.3 Å². The van der Waals surface area contributed by atoms with Crippen molar-refractivity contribution in [3.8, 4) is 0 Å². The molecule has 1 aromatic carbocycles. The molecule has 21 heavy (non-hydrogen) atoms. The van der Waals surface area contributed by atoms with Gasteiger partial charge in [0.05, 0.1) is 18.4 Å². The average Bonchev–Trinajstić information content (AvgIpc) is 3.26. The van der Waals surface area contributed by atoms with Gasteiger partial charge in [0.15, 0.2) is 0 Å². The van der Waals surface area contributed by atoms with E-state index < -0.39 is 0 Å². The fourth-order valence-electron chi connectivity index (χ4n) is 2.18. The molecule has 0 aliphatic heterocycles. The molecule has 1 saturated carbocycles. The van der Waals surface area contributed by atoms with Gasteiger partial charge in [-0.3, -0.25) is 4.79 Å². The summed E-state index contributed by atoms with van der Waals surface area (Å²) in [6.45, 7) is 3.30. The summed E-state index contributed by atoms with van der Waals surface area (Å²) in [5.41, 5.74) is 2.67. The summed E-state index contributed by atoms with van der Waals surface area (Å²) in [5, 5.41) is 8.14. The first-order valence-electron chi connectivity index (χ1n) is 7.18. The molecule has 110 valence electrons. The minimum Gasteiger partial charge on any atom is -0.383 e. The molecule has 5 heteroatoms. The lowest BCUT2D eigenvalue weighted by molar-refractivity contribution is 0.639. The zero-order valence-corrected chi connectivity index (χ0v) is 12.7. The van der Waals surface area contributed by atoms with Gasteiger partial charge in [0.1, 0.15) is 0 Å². The van der Waals surface area contributed by atoms with Crippen molar-refractivity contribution >= 4 is 17.3 Å². The molecule has 0 spiro atoms. The molecule has 0 atom stereocenters. The highest BCUT2D eigenvalue weighted by atomic mass is 35.5. The first kappa shape index (κ1) is 14.1. The maximum atomic E-state index is 12.1. The number of hydrogen-bond acceptors (Lipinski definition) is 3. The molecule has 3 rings (SSSR count). The molecular weight excluding hydrogens is 286 g/mol. The van der Waals surface area contributed by atoms with Crippen LogP contribution in [0.15, 0.2) is 35.3 Å². The molecule has 1 N–H and O–H groups in total.